The van der Waals surface area contributed by atoms with E-state index < -0.39 is 6.09 Å². The second kappa shape index (κ2) is 16.5. The van der Waals surface area contributed by atoms with E-state index in [1.807, 2.05) is 58.9 Å². The number of H-pyrrole nitrogens is 1. The molecule has 2 aromatic carbocycles. The number of aromatic amines is 1. The number of alkyl carbamates (subject to hydrolysis) is 1. The maximum Gasteiger partial charge on any atom is 0.407 e. The Morgan fingerprint density at radius 1 is 1.00 bits per heavy atom. The largest absolute Gasteiger partial charge is 0.453 e. The highest BCUT2D eigenvalue weighted by Gasteiger charge is 2.15. The van der Waals surface area contributed by atoms with Crippen molar-refractivity contribution in [2.45, 2.75) is 41.2 Å². The van der Waals surface area contributed by atoms with Gasteiger partial charge in [-0.15, -0.1) is 0 Å². The molecule has 0 saturated carbocycles. The summed E-state index contributed by atoms with van der Waals surface area (Å²) < 4.78 is 4.49. The molecule has 8 heteroatoms. The van der Waals surface area contributed by atoms with Crippen molar-refractivity contribution < 1.29 is 14.3 Å². The second-order valence-corrected chi connectivity index (χ2v) is 7.00. The number of methoxy groups -OCH3 is 1. The number of nitrogens with one attached hydrogen (secondary N) is 3. The third-order valence-corrected chi connectivity index (χ3v) is 4.96. The fourth-order valence-electron chi connectivity index (χ4n) is 3.20. The summed E-state index contributed by atoms with van der Waals surface area (Å²) in [5.41, 5.74) is 5.09. The molecule has 0 aliphatic heterocycles. The minimum atomic E-state index is -0.637. The van der Waals surface area contributed by atoms with Gasteiger partial charge in [0, 0.05) is 12.2 Å². The Bertz CT molecular complexity index is 1060. The van der Waals surface area contributed by atoms with Crippen LogP contribution in [0.5, 0.6) is 0 Å². The van der Waals surface area contributed by atoms with Crippen LogP contribution in [0.25, 0.3) is 22.4 Å². The molecule has 0 spiro atoms. The van der Waals surface area contributed by atoms with Gasteiger partial charge in [0.1, 0.15) is 12.4 Å². The van der Waals surface area contributed by atoms with Crippen molar-refractivity contribution in [3.8, 4) is 22.4 Å². The van der Waals surface area contributed by atoms with Crippen molar-refractivity contribution in [2.24, 2.45) is 0 Å². The maximum absolute atomic E-state index is 12.3. The van der Waals surface area contributed by atoms with Gasteiger partial charge >= 0.3 is 6.09 Å². The van der Waals surface area contributed by atoms with E-state index in [1.54, 1.807) is 17.3 Å². The fourth-order valence-corrected chi connectivity index (χ4v) is 3.20. The highest BCUT2D eigenvalue weighted by molar-refractivity contribution is 5.82. The summed E-state index contributed by atoms with van der Waals surface area (Å²) in [4.78, 5) is 32.8. The Morgan fingerprint density at radius 3 is 2.08 bits per heavy atom. The molecule has 0 aliphatic rings. The molecule has 3 N–H and O–H groups in total. The average Bonchev–Trinajstić information content (AvgIpc) is 3.41. The Hall–Kier alpha value is -4.07. The summed E-state index contributed by atoms with van der Waals surface area (Å²) in [6.45, 7) is 14.2. The van der Waals surface area contributed by atoms with Crippen LogP contribution >= 0.6 is 0 Å². The second-order valence-electron chi connectivity index (χ2n) is 7.00. The van der Waals surface area contributed by atoms with Gasteiger partial charge in [0.25, 0.3) is 0 Å². The SMILES string of the molecule is C=CNc1ccc(-c2ccc(-c3cnc(CN(CC)C(=O)CNC(=O)OC)[nH]3)cc2)cc1.CC.CC. The number of rotatable bonds is 9. The van der Waals surface area contributed by atoms with Crippen LogP contribution in [0.1, 0.15) is 40.4 Å². The number of benzene rings is 2. The highest BCUT2D eigenvalue weighted by atomic mass is 16.5. The lowest BCUT2D eigenvalue weighted by molar-refractivity contribution is -0.130. The van der Waals surface area contributed by atoms with Crippen molar-refractivity contribution >= 4 is 17.7 Å². The van der Waals surface area contributed by atoms with Crippen LogP contribution in [0.3, 0.4) is 0 Å². The van der Waals surface area contributed by atoms with Crippen molar-refractivity contribution in [2.75, 3.05) is 25.5 Å². The van der Waals surface area contributed by atoms with Gasteiger partial charge in [-0.2, -0.15) is 0 Å². The van der Waals surface area contributed by atoms with E-state index in [-0.39, 0.29) is 12.5 Å². The van der Waals surface area contributed by atoms with E-state index >= 15 is 0 Å². The number of carbonyl (C=O) groups excluding carboxylic acids is 2. The van der Waals surface area contributed by atoms with E-state index in [0.717, 1.165) is 28.1 Å². The lowest BCUT2D eigenvalue weighted by Gasteiger charge is -2.19. The van der Waals surface area contributed by atoms with E-state index in [9.17, 15) is 9.59 Å². The molecule has 194 valence electrons. The van der Waals surface area contributed by atoms with Crippen molar-refractivity contribution in [3.05, 3.63) is 73.3 Å². The summed E-state index contributed by atoms with van der Waals surface area (Å²) in [5, 5.41) is 5.46. The Kier molecular flexibility index (Phi) is 13.8. The molecule has 1 aromatic heterocycles. The lowest BCUT2D eigenvalue weighted by Crippen LogP contribution is -2.39. The van der Waals surface area contributed by atoms with Gasteiger partial charge in [-0.1, -0.05) is 70.7 Å². The first-order valence-electron chi connectivity index (χ1n) is 12.3. The number of hydrogen-bond donors (Lipinski definition) is 3. The van der Waals surface area contributed by atoms with E-state index in [0.29, 0.717) is 18.9 Å². The highest BCUT2D eigenvalue weighted by Crippen LogP contribution is 2.25. The summed E-state index contributed by atoms with van der Waals surface area (Å²) in [5.74, 6) is 0.456. The van der Waals surface area contributed by atoms with E-state index in [1.165, 1.54) is 7.11 Å². The molecular weight excluding hydrogens is 454 g/mol. The molecule has 0 aliphatic carbocycles. The van der Waals surface area contributed by atoms with E-state index in [4.69, 9.17) is 0 Å². The van der Waals surface area contributed by atoms with Crippen LogP contribution in [-0.2, 0) is 16.1 Å². The first-order valence-corrected chi connectivity index (χ1v) is 12.3. The normalized spacial score (nSPS) is 9.50. The number of amides is 2. The zero-order valence-corrected chi connectivity index (χ0v) is 22.2. The predicted octanol–water partition coefficient (Wildman–Crippen LogP) is 6.06. The monoisotopic (exact) mass is 493 g/mol. The van der Waals surface area contributed by atoms with Crippen LogP contribution in [0.2, 0.25) is 0 Å². The van der Waals surface area contributed by atoms with Gasteiger partial charge in [0.15, 0.2) is 0 Å². The van der Waals surface area contributed by atoms with Gasteiger partial charge in [-0.3, -0.25) is 4.79 Å². The number of carbonyl (C=O) groups is 2. The number of imidazole rings is 1. The maximum atomic E-state index is 12.3. The van der Waals surface area contributed by atoms with Gasteiger partial charge in [0.05, 0.1) is 25.5 Å². The predicted molar refractivity (Wildman–Crippen MR) is 147 cm³/mol. The van der Waals surface area contributed by atoms with Crippen LogP contribution in [-0.4, -0.2) is 47.1 Å². The summed E-state index contributed by atoms with van der Waals surface area (Å²) in [6, 6.07) is 16.3. The van der Waals surface area contributed by atoms with Crippen molar-refractivity contribution in [3.63, 3.8) is 0 Å². The zero-order chi connectivity index (χ0) is 26.9. The third-order valence-electron chi connectivity index (χ3n) is 4.96. The first kappa shape index (κ1) is 30.0. The molecular formula is C28H39N5O3. The van der Waals surface area contributed by atoms with E-state index in [2.05, 4.69) is 56.2 Å². The van der Waals surface area contributed by atoms with Crippen LogP contribution in [0.4, 0.5) is 10.5 Å². The number of likely N-dealkylation sites (N-methyl/N-ethyl adjacent to an activating group) is 1. The number of nitrogens with zero attached hydrogens (tertiary/aromatic N) is 2. The molecule has 36 heavy (non-hydrogen) atoms. The smallest absolute Gasteiger partial charge is 0.407 e. The minimum absolute atomic E-state index is 0.125. The summed E-state index contributed by atoms with van der Waals surface area (Å²) >= 11 is 0. The van der Waals surface area contributed by atoms with Gasteiger partial charge < -0.3 is 25.3 Å². The number of ether oxygens (including phenoxy) is 1. The topological polar surface area (TPSA) is 99.4 Å². The molecule has 3 rings (SSSR count). The minimum Gasteiger partial charge on any atom is -0.453 e. The number of aromatic nitrogens is 2. The average molecular weight is 494 g/mol. The molecule has 0 unspecified atom stereocenters. The zero-order valence-electron chi connectivity index (χ0n) is 22.2. The molecule has 1 heterocycles. The molecule has 8 nitrogen and oxygen atoms in total. The molecule has 0 radical (unpaired) electrons. The fraction of sp³-hybridized carbons (Fsp3) is 0.321. The molecule has 3 aromatic rings. The Morgan fingerprint density at radius 2 is 1.56 bits per heavy atom. The quantitative estimate of drug-likeness (QED) is 0.337. The Balaban J connectivity index is 0.00000154. The van der Waals surface area contributed by atoms with Gasteiger partial charge in [-0.05, 0) is 41.9 Å². The number of hydrogen-bond acceptors (Lipinski definition) is 5. The van der Waals surface area contributed by atoms with Crippen LogP contribution < -0.4 is 10.6 Å². The number of anilines is 1. The van der Waals surface area contributed by atoms with Gasteiger partial charge in [0.2, 0.25) is 5.91 Å². The summed E-state index contributed by atoms with van der Waals surface area (Å²) in [7, 11) is 1.26. The molecule has 0 bridgehead atoms. The molecule has 0 atom stereocenters. The molecule has 2 amide bonds. The van der Waals surface area contributed by atoms with Crippen LogP contribution in [0.15, 0.2) is 67.5 Å². The van der Waals surface area contributed by atoms with Crippen LogP contribution in [0, 0.1) is 0 Å². The molecule has 0 fully saturated rings. The van der Waals surface area contributed by atoms with Crippen molar-refractivity contribution in [1.82, 2.24) is 20.2 Å². The van der Waals surface area contributed by atoms with Gasteiger partial charge in [-0.25, -0.2) is 9.78 Å². The Labute approximate surface area is 214 Å². The third kappa shape index (κ3) is 8.94. The lowest BCUT2D eigenvalue weighted by atomic mass is 10.0. The van der Waals surface area contributed by atoms with Crippen molar-refractivity contribution in [1.29, 1.82) is 0 Å². The summed E-state index contributed by atoms with van der Waals surface area (Å²) in [6.07, 6.45) is 2.77. The first-order chi connectivity index (χ1) is 17.5. The standard InChI is InChI=1S/C24H27N5O3.2C2H6/c1-4-25-20-12-10-18(11-13-20)17-6-8-19(9-7-17)21-14-26-22(28-21)16-29(5-2)23(30)15-27-24(31)32-3;2*1-2/h4,6-14,25H,1,5,15-16H2,2-3H3,(H,26,28)(H,27,31);2*1-2H3. The molecule has 0 saturated heterocycles.